The van der Waals surface area contributed by atoms with Crippen LogP contribution in [0.2, 0.25) is 0 Å². The molecule has 0 fully saturated rings. The maximum atomic E-state index is 13.9. The number of nitrogens with zero attached hydrogens (tertiary/aromatic N) is 4. The summed E-state index contributed by atoms with van der Waals surface area (Å²) < 4.78 is 30.6. The number of anilines is 2. The molecule has 1 aliphatic carbocycles. The molecule has 0 saturated heterocycles. The van der Waals surface area contributed by atoms with Gasteiger partial charge >= 0.3 is 5.56 Å². The van der Waals surface area contributed by atoms with Crippen molar-refractivity contribution >= 4 is 22.8 Å². The van der Waals surface area contributed by atoms with Gasteiger partial charge in [-0.05, 0) is 47.9 Å². The fourth-order valence-corrected chi connectivity index (χ4v) is 4.06. The second-order valence-electron chi connectivity index (χ2n) is 8.43. The summed E-state index contributed by atoms with van der Waals surface area (Å²) in [4.78, 5) is 36.5. The fraction of sp³-hybridized carbons (Fsp3) is 0.200. The molecule has 1 aromatic carbocycles. The van der Waals surface area contributed by atoms with Crippen LogP contribution >= 0.6 is 0 Å². The van der Waals surface area contributed by atoms with Crippen molar-refractivity contribution in [2.45, 2.75) is 26.1 Å². The maximum Gasteiger partial charge on any atom is 0.300 e. The zero-order chi connectivity index (χ0) is 24.7. The highest BCUT2D eigenvalue weighted by Gasteiger charge is 2.20. The third kappa shape index (κ3) is 4.18. The molecule has 5 rings (SSSR count). The van der Waals surface area contributed by atoms with Gasteiger partial charge in [-0.3, -0.25) is 14.2 Å². The van der Waals surface area contributed by atoms with Gasteiger partial charge in [0, 0.05) is 30.9 Å². The molecule has 10 heteroatoms. The van der Waals surface area contributed by atoms with Gasteiger partial charge in [0.05, 0.1) is 12.9 Å². The Balaban J connectivity index is 1.59. The van der Waals surface area contributed by atoms with E-state index in [0.717, 1.165) is 11.6 Å². The molecule has 0 bridgehead atoms. The molecule has 1 atom stereocenters. The Labute approximate surface area is 198 Å². The molecular weight excluding hydrogens is 454 g/mol. The van der Waals surface area contributed by atoms with Crippen molar-refractivity contribution in [3.63, 3.8) is 0 Å². The monoisotopic (exact) mass is 476 g/mol. The minimum Gasteiger partial charge on any atom is -0.339 e. The van der Waals surface area contributed by atoms with Gasteiger partial charge < -0.3 is 14.9 Å². The lowest BCUT2D eigenvalue weighted by molar-refractivity contribution is 0.324. The zero-order valence-electron chi connectivity index (χ0n) is 19.0. The van der Waals surface area contributed by atoms with Crippen LogP contribution in [-0.4, -0.2) is 30.3 Å². The molecule has 35 heavy (non-hydrogen) atoms. The number of halogens is 2. The van der Waals surface area contributed by atoms with Crippen molar-refractivity contribution < 1.29 is 8.78 Å². The topological polar surface area (TPSA) is 97.6 Å². The summed E-state index contributed by atoms with van der Waals surface area (Å²) in [7, 11) is 1.68. The number of hydrogen-bond donors (Lipinski definition) is 2. The zero-order valence-corrected chi connectivity index (χ0v) is 19.0. The Hall–Kier alpha value is -4.34. The number of hydrogen-bond acceptors (Lipinski definition) is 5. The van der Waals surface area contributed by atoms with Gasteiger partial charge in [0.25, 0.3) is 5.56 Å². The first-order valence-electron chi connectivity index (χ1n) is 11.0. The number of nitrogens with one attached hydrogen (secondary N) is 2. The molecule has 178 valence electrons. The van der Waals surface area contributed by atoms with E-state index in [4.69, 9.17) is 0 Å². The van der Waals surface area contributed by atoms with E-state index in [1.165, 1.54) is 10.9 Å². The second kappa shape index (κ2) is 8.79. The van der Waals surface area contributed by atoms with Crippen LogP contribution in [0.5, 0.6) is 0 Å². The smallest absolute Gasteiger partial charge is 0.300 e. The number of aromatic nitrogens is 5. The predicted octanol–water partition coefficient (Wildman–Crippen LogP) is 4.06. The molecule has 1 unspecified atom stereocenters. The van der Waals surface area contributed by atoms with Crippen LogP contribution in [0, 0.1) is 6.92 Å². The Morgan fingerprint density at radius 1 is 1.26 bits per heavy atom. The largest absolute Gasteiger partial charge is 0.339 e. The third-order valence-electron chi connectivity index (χ3n) is 6.02. The highest BCUT2D eigenvalue weighted by molar-refractivity contribution is 5.75. The number of pyridine rings is 1. The van der Waals surface area contributed by atoms with E-state index in [-0.39, 0.29) is 30.0 Å². The van der Waals surface area contributed by atoms with Gasteiger partial charge in [0.1, 0.15) is 5.83 Å². The quantitative estimate of drug-likeness (QED) is 0.453. The molecule has 0 amide bonds. The van der Waals surface area contributed by atoms with E-state index in [1.807, 2.05) is 25.1 Å². The first kappa shape index (κ1) is 22.5. The highest BCUT2D eigenvalue weighted by atomic mass is 19.2. The number of aromatic amines is 1. The minimum atomic E-state index is -1.65. The second-order valence-corrected chi connectivity index (χ2v) is 8.43. The molecule has 4 aromatic rings. The SMILES string of the molecule is Cc1ccc(-c2cccn(C)c2=O)cc1Nc1nc(=O)c2[nH]cnc2n1CC1=CCC(F)C(F)=C1. The lowest BCUT2D eigenvalue weighted by Gasteiger charge is -2.18. The first-order chi connectivity index (χ1) is 16.8. The van der Waals surface area contributed by atoms with Crippen LogP contribution < -0.4 is 16.4 Å². The van der Waals surface area contributed by atoms with Crippen molar-refractivity contribution in [1.82, 2.24) is 24.1 Å². The standard InChI is InChI=1S/C25H22F2N6O2/c1-14-5-7-16(17-4-3-9-32(2)24(17)35)11-20(14)30-25-31-23(34)21-22(29-13-28-21)33(25)12-15-6-8-18(26)19(27)10-15/h3-7,9-11,13,18H,8,12H2,1-2H3,(H,28,29)(H,30,31,34). The van der Waals surface area contributed by atoms with E-state index in [2.05, 4.69) is 20.3 Å². The van der Waals surface area contributed by atoms with Crippen LogP contribution in [0.15, 0.2) is 76.0 Å². The van der Waals surface area contributed by atoms with E-state index in [0.29, 0.717) is 28.0 Å². The van der Waals surface area contributed by atoms with E-state index in [9.17, 15) is 18.4 Å². The third-order valence-corrected chi connectivity index (χ3v) is 6.02. The van der Waals surface area contributed by atoms with Crippen molar-refractivity contribution in [2.75, 3.05) is 5.32 Å². The first-order valence-corrected chi connectivity index (χ1v) is 11.0. The molecule has 1 aliphatic rings. The Kier molecular flexibility index (Phi) is 5.64. The van der Waals surface area contributed by atoms with Crippen molar-refractivity contribution in [3.05, 3.63) is 92.7 Å². The van der Waals surface area contributed by atoms with Gasteiger partial charge in [-0.2, -0.15) is 4.98 Å². The molecule has 3 heterocycles. The number of rotatable bonds is 5. The van der Waals surface area contributed by atoms with Gasteiger partial charge in [-0.15, -0.1) is 0 Å². The molecule has 0 saturated carbocycles. The van der Waals surface area contributed by atoms with Crippen LogP contribution in [0.25, 0.3) is 22.3 Å². The number of alkyl halides is 1. The van der Waals surface area contributed by atoms with Crippen molar-refractivity contribution in [2.24, 2.45) is 7.05 Å². The average molecular weight is 476 g/mol. The number of H-pyrrole nitrogens is 1. The molecular formula is C25H22F2N6O2. The minimum absolute atomic E-state index is 0.0645. The summed E-state index contributed by atoms with van der Waals surface area (Å²) in [5.41, 5.74) is 3.13. The molecule has 3 aromatic heterocycles. The summed E-state index contributed by atoms with van der Waals surface area (Å²) in [6, 6.07) is 9.06. The number of fused-ring (bicyclic) bond motifs is 1. The lowest BCUT2D eigenvalue weighted by Crippen LogP contribution is -2.20. The van der Waals surface area contributed by atoms with Crippen LogP contribution in [0.4, 0.5) is 20.4 Å². The predicted molar refractivity (Wildman–Crippen MR) is 130 cm³/mol. The van der Waals surface area contributed by atoms with Gasteiger partial charge in [-0.25, -0.2) is 13.8 Å². The molecule has 0 spiro atoms. The maximum absolute atomic E-state index is 13.9. The molecule has 8 nitrogen and oxygen atoms in total. The van der Waals surface area contributed by atoms with Crippen molar-refractivity contribution in [1.29, 1.82) is 0 Å². The van der Waals surface area contributed by atoms with Crippen LogP contribution in [0.1, 0.15) is 12.0 Å². The normalized spacial score (nSPS) is 15.7. The van der Waals surface area contributed by atoms with Gasteiger partial charge in [0.15, 0.2) is 17.3 Å². The van der Waals surface area contributed by atoms with E-state index in [1.54, 1.807) is 36.0 Å². The van der Waals surface area contributed by atoms with Crippen LogP contribution in [-0.2, 0) is 13.6 Å². The summed E-state index contributed by atoms with van der Waals surface area (Å²) in [6.07, 6.45) is 4.13. The Morgan fingerprint density at radius 2 is 2.09 bits per heavy atom. The number of allylic oxidation sites excluding steroid dienone is 4. The number of benzene rings is 1. The lowest BCUT2D eigenvalue weighted by atomic mass is 10.0. The molecule has 0 aliphatic heterocycles. The van der Waals surface area contributed by atoms with Crippen molar-refractivity contribution in [3.8, 4) is 11.1 Å². The highest BCUT2D eigenvalue weighted by Crippen LogP contribution is 2.28. The fourth-order valence-electron chi connectivity index (χ4n) is 4.06. The van der Waals surface area contributed by atoms with E-state index >= 15 is 0 Å². The Bertz CT molecular complexity index is 1630. The molecule has 0 radical (unpaired) electrons. The molecule has 2 N–H and O–H groups in total. The summed E-state index contributed by atoms with van der Waals surface area (Å²) >= 11 is 0. The number of imidazole rings is 1. The summed E-state index contributed by atoms with van der Waals surface area (Å²) in [5.74, 6) is -0.648. The number of aryl methyl sites for hydroxylation is 2. The van der Waals surface area contributed by atoms with E-state index < -0.39 is 17.6 Å². The average Bonchev–Trinajstić information content (AvgIpc) is 3.33. The summed E-state index contributed by atoms with van der Waals surface area (Å²) in [5, 5.41) is 3.19. The van der Waals surface area contributed by atoms with Gasteiger partial charge in [-0.1, -0.05) is 18.2 Å². The Morgan fingerprint density at radius 3 is 2.89 bits per heavy atom. The summed E-state index contributed by atoms with van der Waals surface area (Å²) in [6.45, 7) is 2.00. The van der Waals surface area contributed by atoms with Gasteiger partial charge in [0.2, 0.25) is 5.95 Å². The van der Waals surface area contributed by atoms with Crippen LogP contribution in [0.3, 0.4) is 0 Å².